The highest BCUT2D eigenvalue weighted by atomic mass is 32.3. The number of hydrogen-bond acceptors (Lipinski definition) is 8. The fraction of sp³-hybridized carbons (Fsp3) is 0.333. The topological polar surface area (TPSA) is 113 Å². The molecule has 0 unspecified atom stereocenters. The molecule has 166 valence electrons. The molecule has 0 atom stereocenters. The predicted molar refractivity (Wildman–Crippen MR) is 115 cm³/mol. The molecule has 2 aromatic carbocycles. The third-order valence-corrected chi connectivity index (χ3v) is 5.03. The number of oxime groups is 1. The summed E-state index contributed by atoms with van der Waals surface area (Å²) in [6.45, 7) is 5.81. The van der Waals surface area contributed by atoms with E-state index < -0.39 is 22.1 Å². The molecule has 3 rings (SSSR count). The number of carbonyl (C=O) groups excluding carboxylic acids is 1. The molecule has 1 heterocycles. The molecule has 0 spiro atoms. The molecular weight excluding hydrogens is 424 g/mol. The molecular formula is C21H24N2O7S. The molecule has 0 saturated carbocycles. The number of unbranched alkanes of at least 4 members (excludes halogenated alkanes) is 1. The molecule has 0 radical (unpaired) electrons. The largest absolute Gasteiger partial charge is 0.521 e. The Morgan fingerprint density at radius 2 is 1.97 bits per heavy atom. The maximum Gasteiger partial charge on any atom is 0.521 e. The van der Waals surface area contributed by atoms with Crippen molar-refractivity contribution in [2.45, 2.75) is 39.2 Å². The van der Waals surface area contributed by atoms with E-state index in [-0.39, 0.29) is 5.75 Å². The lowest BCUT2D eigenvalue weighted by atomic mass is 9.94. The lowest BCUT2D eigenvalue weighted by molar-refractivity contribution is 0.0418. The molecule has 10 heteroatoms. The minimum atomic E-state index is -4.28. The zero-order valence-corrected chi connectivity index (χ0v) is 18.3. The minimum Gasteiger partial charge on any atom is -0.494 e. The Balaban J connectivity index is 1.42. The number of fused-ring (bicyclic) bond motifs is 1. The second kappa shape index (κ2) is 9.25. The van der Waals surface area contributed by atoms with E-state index in [4.69, 9.17) is 13.7 Å². The van der Waals surface area contributed by atoms with Crippen molar-refractivity contribution in [1.29, 1.82) is 0 Å². The van der Waals surface area contributed by atoms with Crippen molar-refractivity contribution in [1.82, 2.24) is 0 Å². The monoisotopic (exact) mass is 448 g/mol. The third-order valence-electron chi connectivity index (χ3n) is 4.37. The lowest BCUT2D eigenvalue weighted by Crippen LogP contribution is -2.34. The number of amides is 1. The van der Waals surface area contributed by atoms with E-state index in [1.165, 1.54) is 12.3 Å². The Labute approximate surface area is 181 Å². The van der Waals surface area contributed by atoms with Gasteiger partial charge in [0.05, 0.1) is 12.3 Å². The predicted octanol–water partition coefficient (Wildman–Crippen LogP) is 4.28. The summed E-state index contributed by atoms with van der Waals surface area (Å²) < 4.78 is 43.8. The quantitative estimate of drug-likeness (QED) is 0.346. The van der Waals surface area contributed by atoms with Gasteiger partial charge in [0.2, 0.25) is 0 Å². The Bertz CT molecular complexity index is 1080. The van der Waals surface area contributed by atoms with Crippen LogP contribution >= 0.6 is 0 Å². The van der Waals surface area contributed by atoms with Crippen LogP contribution in [0.3, 0.4) is 0 Å². The molecule has 31 heavy (non-hydrogen) atoms. The fourth-order valence-corrected chi connectivity index (χ4v) is 3.48. The molecule has 0 bridgehead atoms. The molecule has 0 saturated heterocycles. The molecule has 1 amide bonds. The van der Waals surface area contributed by atoms with Gasteiger partial charge in [0, 0.05) is 11.8 Å². The number of rotatable bonds is 9. The summed E-state index contributed by atoms with van der Waals surface area (Å²) in [6.07, 6.45) is 1.87. The highest BCUT2D eigenvalue weighted by molar-refractivity contribution is 7.82. The zero-order chi connectivity index (χ0) is 22.5. The molecule has 1 N–H and O–H groups in total. The first kappa shape index (κ1) is 22.4. The number of nitrogens with one attached hydrogen (secondary N) is 1. The van der Waals surface area contributed by atoms with E-state index in [0.717, 1.165) is 11.1 Å². The van der Waals surface area contributed by atoms with E-state index in [1.807, 2.05) is 32.9 Å². The first-order valence-electron chi connectivity index (χ1n) is 9.63. The van der Waals surface area contributed by atoms with Crippen LogP contribution in [0.4, 0.5) is 10.5 Å². The number of benzene rings is 2. The smallest absolute Gasteiger partial charge is 0.494 e. The van der Waals surface area contributed by atoms with Gasteiger partial charge in [-0.05, 0) is 69.5 Å². The van der Waals surface area contributed by atoms with E-state index >= 15 is 0 Å². The van der Waals surface area contributed by atoms with Crippen molar-refractivity contribution in [2.75, 3.05) is 11.9 Å². The van der Waals surface area contributed by atoms with Crippen LogP contribution in [0.5, 0.6) is 11.5 Å². The number of anilines is 1. The van der Waals surface area contributed by atoms with Gasteiger partial charge < -0.3 is 13.7 Å². The third kappa shape index (κ3) is 6.35. The van der Waals surface area contributed by atoms with Crippen LogP contribution in [0, 0.1) is 6.92 Å². The zero-order valence-electron chi connectivity index (χ0n) is 17.5. The highest BCUT2D eigenvalue weighted by Crippen LogP contribution is 2.37. The van der Waals surface area contributed by atoms with Gasteiger partial charge in [-0.25, -0.2) is 9.08 Å². The molecule has 0 aliphatic carbocycles. The van der Waals surface area contributed by atoms with Crippen LogP contribution in [-0.2, 0) is 25.0 Å². The summed E-state index contributed by atoms with van der Waals surface area (Å²) in [5, 5.41) is 6.10. The molecule has 0 aromatic heterocycles. The van der Waals surface area contributed by atoms with Gasteiger partial charge in [-0.15, -0.1) is 8.42 Å². The maximum atomic E-state index is 11.8. The van der Waals surface area contributed by atoms with Crippen molar-refractivity contribution in [3.63, 3.8) is 0 Å². The number of aryl methyl sites for hydroxylation is 1. The summed E-state index contributed by atoms with van der Waals surface area (Å²) in [5.74, 6) is 0.788. The van der Waals surface area contributed by atoms with Gasteiger partial charge in [0.15, 0.2) is 0 Å². The fourth-order valence-electron chi connectivity index (χ4n) is 2.94. The molecule has 1 aliphatic heterocycles. The van der Waals surface area contributed by atoms with Gasteiger partial charge in [-0.3, -0.25) is 5.32 Å². The summed E-state index contributed by atoms with van der Waals surface area (Å²) in [5.41, 5.74) is 1.61. The van der Waals surface area contributed by atoms with Crippen molar-refractivity contribution in [2.24, 2.45) is 5.16 Å². The summed E-state index contributed by atoms with van der Waals surface area (Å²) in [6, 6.07) is 11.9. The average molecular weight is 448 g/mol. The SMILES string of the molecule is Cc1cccc(OS(=O)(=O)ON=CCCCOc2ccc3c(c2)C(C)(C)OC(=O)N3)c1. The van der Waals surface area contributed by atoms with E-state index in [1.54, 1.807) is 24.3 Å². The summed E-state index contributed by atoms with van der Waals surface area (Å²) in [4.78, 5) is 11.6. The van der Waals surface area contributed by atoms with Gasteiger partial charge in [-0.1, -0.05) is 17.3 Å². The van der Waals surface area contributed by atoms with E-state index in [0.29, 0.717) is 30.9 Å². The van der Waals surface area contributed by atoms with Gasteiger partial charge in [0.1, 0.15) is 17.1 Å². The molecule has 1 aliphatic rings. The molecule has 9 nitrogen and oxygen atoms in total. The summed E-state index contributed by atoms with van der Waals surface area (Å²) in [7, 11) is -4.28. The van der Waals surface area contributed by atoms with E-state index in [2.05, 4.69) is 14.8 Å². The van der Waals surface area contributed by atoms with Gasteiger partial charge in [-0.2, -0.15) is 0 Å². The van der Waals surface area contributed by atoms with E-state index in [9.17, 15) is 13.2 Å². The highest BCUT2D eigenvalue weighted by Gasteiger charge is 2.33. The van der Waals surface area contributed by atoms with Crippen LogP contribution in [-0.4, -0.2) is 27.3 Å². The number of hydrogen-bond donors (Lipinski definition) is 1. The molecule has 0 fully saturated rings. The number of nitrogens with zero attached hydrogens (tertiary/aromatic N) is 1. The van der Waals surface area contributed by atoms with Crippen LogP contribution in [0.15, 0.2) is 47.6 Å². The van der Waals surface area contributed by atoms with Crippen molar-refractivity contribution in [3.05, 3.63) is 53.6 Å². The average Bonchev–Trinajstić information content (AvgIpc) is 2.66. The molecule has 2 aromatic rings. The normalized spacial score (nSPS) is 15.0. The first-order chi connectivity index (χ1) is 14.6. The van der Waals surface area contributed by atoms with Crippen LogP contribution in [0.25, 0.3) is 0 Å². The maximum absolute atomic E-state index is 11.8. The Morgan fingerprint density at radius 3 is 2.74 bits per heavy atom. The van der Waals surface area contributed by atoms with Crippen molar-refractivity contribution in [3.8, 4) is 11.5 Å². The van der Waals surface area contributed by atoms with Crippen LogP contribution in [0.1, 0.15) is 37.8 Å². The Kier molecular flexibility index (Phi) is 6.69. The second-order valence-corrected chi connectivity index (χ2v) is 8.53. The second-order valence-electron chi connectivity index (χ2n) is 7.39. The number of carbonyl (C=O) groups is 1. The van der Waals surface area contributed by atoms with Crippen molar-refractivity contribution >= 4 is 28.4 Å². The Hall–Kier alpha value is -3.27. The lowest BCUT2D eigenvalue weighted by Gasteiger charge is -2.32. The van der Waals surface area contributed by atoms with Gasteiger partial charge in [0.25, 0.3) is 0 Å². The summed E-state index contributed by atoms with van der Waals surface area (Å²) >= 11 is 0. The first-order valence-corrected chi connectivity index (χ1v) is 11.0. The van der Waals surface area contributed by atoms with Crippen molar-refractivity contribution < 1.29 is 31.2 Å². The number of ether oxygens (including phenoxy) is 2. The van der Waals surface area contributed by atoms with Crippen LogP contribution < -0.4 is 14.2 Å². The standard InChI is InChI=1S/C21H24N2O7S/c1-15-7-6-8-17(13-15)29-31(25,26)30-22-11-4-5-12-27-16-9-10-19-18(14-16)21(2,3)28-20(24)23-19/h6-11,13-14H,4-5,12H2,1-3H3,(H,23,24). The van der Waals surface area contributed by atoms with Gasteiger partial charge >= 0.3 is 16.5 Å². The number of cyclic esters (lactones) is 1. The Morgan fingerprint density at radius 1 is 1.16 bits per heavy atom. The van der Waals surface area contributed by atoms with Crippen LogP contribution in [0.2, 0.25) is 0 Å². The minimum absolute atomic E-state index is 0.154.